The zero-order chi connectivity index (χ0) is 14.1. The lowest BCUT2D eigenvalue weighted by molar-refractivity contribution is 0.576. The molecule has 0 saturated heterocycles. The molecule has 0 aliphatic carbocycles. The Morgan fingerprint density at radius 2 is 1.74 bits per heavy atom. The Bertz CT molecular complexity index is 455. The Hall–Kier alpha value is -0.910. The number of unbranched alkanes of at least 4 members (excludes halogenated alkanes) is 2. The second-order valence-electron chi connectivity index (χ2n) is 4.60. The summed E-state index contributed by atoms with van der Waals surface area (Å²) < 4.78 is 26.6. The summed E-state index contributed by atoms with van der Waals surface area (Å²) in [5.74, 6) is 0. The fourth-order valence-electron chi connectivity index (χ4n) is 1.77. The topological polar surface area (TPSA) is 58.2 Å². The zero-order valence-electron chi connectivity index (χ0n) is 11.8. The van der Waals surface area contributed by atoms with Crippen molar-refractivity contribution in [2.45, 2.75) is 37.5 Å². The largest absolute Gasteiger partial charge is 0.319 e. The smallest absolute Gasteiger partial charge is 0.240 e. The van der Waals surface area contributed by atoms with E-state index < -0.39 is 10.0 Å². The van der Waals surface area contributed by atoms with Crippen LogP contribution >= 0.6 is 0 Å². The predicted octanol–water partition coefficient (Wildman–Crippen LogP) is 1.92. The number of hydrogen-bond donors (Lipinski definition) is 2. The van der Waals surface area contributed by atoms with Gasteiger partial charge in [0.2, 0.25) is 10.0 Å². The molecule has 108 valence electrons. The molecule has 0 aliphatic rings. The molecular weight excluding hydrogens is 260 g/mol. The van der Waals surface area contributed by atoms with Crippen LogP contribution in [0.25, 0.3) is 0 Å². The molecular formula is C14H24N2O2S. The van der Waals surface area contributed by atoms with Gasteiger partial charge in [0.15, 0.2) is 0 Å². The van der Waals surface area contributed by atoms with Crippen molar-refractivity contribution in [3.63, 3.8) is 0 Å². The van der Waals surface area contributed by atoms with E-state index >= 15 is 0 Å². The molecule has 0 radical (unpaired) electrons. The van der Waals surface area contributed by atoms with Crippen LogP contribution in [-0.2, 0) is 16.4 Å². The molecule has 19 heavy (non-hydrogen) atoms. The molecule has 0 aromatic heterocycles. The highest BCUT2D eigenvalue weighted by Crippen LogP contribution is 2.11. The van der Waals surface area contributed by atoms with E-state index in [4.69, 9.17) is 0 Å². The summed E-state index contributed by atoms with van der Waals surface area (Å²) in [6.45, 7) is 3.50. The predicted molar refractivity (Wildman–Crippen MR) is 78.8 cm³/mol. The Morgan fingerprint density at radius 1 is 1.05 bits per heavy atom. The Kier molecular flexibility index (Phi) is 7.05. The first kappa shape index (κ1) is 16.1. The van der Waals surface area contributed by atoms with Crippen LogP contribution in [0.2, 0.25) is 0 Å². The standard InChI is InChI=1S/C14H24N2O2S/c1-3-4-5-11-16-19(17,18)14-8-6-13(7-9-14)10-12-15-2/h6-9,15-16H,3-5,10-12H2,1-2H3. The van der Waals surface area contributed by atoms with Gasteiger partial charge in [-0.05, 0) is 44.1 Å². The van der Waals surface area contributed by atoms with Crippen molar-refractivity contribution in [2.24, 2.45) is 0 Å². The van der Waals surface area contributed by atoms with Crippen LogP contribution in [0, 0.1) is 0 Å². The average molecular weight is 284 g/mol. The van der Waals surface area contributed by atoms with Gasteiger partial charge >= 0.3 is 0 Å². The molecule has 0 heterocycles. The van der Waals surface area contributed by atoms with Crippen molar-refractivity contribution in [2.75, 3.05) is 20.1 Å². The van der Waals surface area contributed by atoms with E-state index in [0.29, 0.717) is 11.4 Å². The van der Waals surface area contributed by atoms with Crippen molar-refractivity contribution >= 4 is 10.0 Å². The second-order valence-corrected chi connectivity index (χ2v) is 6.37. The summed E-state index contributed by atoms with van der Waals surface area (Å²) in [6.07, 6.45) is 3.92. The van der Waals surface area contributed by atoms with E-state index in [1.54, 1.807) is 12.1 Å². The monoisotopic (exact) mass is 284 g/mol. The lowest BCUT2D eigenvalue weighted by atomic mass is 10.1. The Balaban J connectivity index is 2.58. The Labute approximate surface area is 116 Å². The average Bonchev–Trinajstić information content (AvgIpc) is 2.42. The summed E-state index contributed by atoms with van der Waals surface area (Å²) >= 11 is 0. The van der Waals surface area contributed by atoms with Crippen LogP contribution in [0.1, 0.15) is 31.7 Å². The van der Waals surface area contributed by atoms with Gasteiger partial charge in [0.05, 0.1) is 4.90 Å². The van der Waals surface area contributed by atoms with E-state index in [2.05, 4.69) is 17.0 Å². The van der Waals surface area contributed by atoms with Crippen LogP contribution in [0.4, 0.5) is 0 Å². The summed E-state index contributed by atoms with van der Waals surface area (Å²) in [5.41, 5.74) is 1.14. The molecule has 0 spiro atoms. The van der Waals surface area contributed by atoms with Crippen molar-refractivity contribution in [3.8, 4) is 0 Å². The van der Waals surface area contributed by atoms with Crippen molar-refractivity contribution in [3.05, 3.63) is 29.8 Å². The maximum Gasteiger partial charge on any atom is 0.240 e. The van der Waals surface area contributed by atoms with E-state index in [1.165, 1.54) is 0 Å². The third kappa shape index (κ3) is 5.72. The molecule has 0 amide bonds. The first-order valence-corrected chi connectivity index (χ1v) is 8.31. The van der Waals surface area contributed by atoms with Gasteiger partial charge in [-0.15, -0.1) is 0 Å². The Morgan fingerprint density at radius 3 is 2.32 bits per heavy atom. The minimum Gasteiger partial charge on any atom is -0.319 e. The van der Waals surface area contributed by atoms with Gasteiger partial charge in [0, 0.05) is 6.54 Å². The lowest BCUT2D eigenvalue weighted by Crippen LogP contribution is -2.24. The molecule has 0 bridgehead atoms. The number of sulfonamides is 1. The molecule has 5 heteroatoms. The van der Waals surface area contributed by atoms with Crippen LogP contribution in [0.5, 0.6) is 0 Å². The lowest BCUT2D eigenvalue weighted by Gasteiger charge is -2.07. The number of rotatable bonds is 9. The SMILES string of the molecule is CCCCCNS(=O)(=O)c1ccc(CCNC)cc1. The van der Waals surface area contributed by atoms with Crippen LogP contribution in [0.3, 0.4) is 0 Å². The molecule has 2 N–H and O–H groups in total. The molecule has 1 aromatic rings. The summed E-state index contributed by atoms with van der Waals surface area (Å²) in [4.78, 5) is 0.345. The van der Waals surface area contributed by atoms with Gasteiger partial charge in [-0.1, -0.05) is 31.9 Å². The van der Waals surface area contributed by atoms with Gasteiger partial charge in [-0.3, -0.25) is 0 Å². The summed E-state index contributed by atoms with van der Waals surface area (Å²) in [7, 11) is -1.44. The van der Waals surface area contributed by atoms with Gasteiger partial charge < -0.3 is 5.32 Å². The fourth-order valence-corrected chi connectivity index (χ4v) is 2.84. The molecule has 1 rings (SSSR count). The first-order chi connectivity index (χ1) is 9.10. The van der Waals surface area contributed by atoms with Crippen molar-refractivity contribution in [1.82, 2.24) is 10.0 Å². The number of benzene rings is 1. The maximum atomic E-state index is 12.0. The second kappa shape index (κ2) is 8.30. The minimum absolute atomic E-state index is 0.345. The van der Waals surface area contributed by atoms with Crippen LogP contribution < -0.4 is 10.0 Å². The zero-order valence-corrected chi connectivity index (χ0v) is 12.6. The molecule has 1 aromatic carbocycles. The summed E-state index contributed by atoms with van der Waals surface area (Å²) in [5, 5.41) is 3.07. The fraction of sp³-hybridized carbons (Fsp3) is 0.571. The van der Waals surface area contributed by atoms with Gasteiger partial charge in [0.25, 0.3) is 0 Å². The minimum atomic E-state index is -3.34. The maximum absolute atomic E-state index is 12.0. The number of likely N-dealkylation sites (N-methyl/N-ethyl adjacent to an activating group) is 1. The van der Waals surface area contributed by atoms with Crippen LogP contribution in [0.15, 0.2) is 29.2 Å². The van der Waals surface area contributed by atoms with Crippen molar-refractivity contribution in [1.29, 1.82) is 0 Å². The molecule has 0 atom stereocenters. The normalized spacial score (nSPS) is 11.7. The number of hydrogen-bond acceptors (Lipinski definition) is 3. The highest BCUT2D eigenvalue weighted by molar-refractivity contribution is 7.89. The molecule has 0 aliphatic heterocycles. The third-order valence-corrected chi connectivity index (χ3v) is 4.45. The van der Waals surface area contributed by atoms with Gasteiger partial charge in [0.1, 0.15) is 0 Å². The van der Waals surface area contributed by atoms with Crippen LogP contribution in [-0.4, -0.2) is 28.6 Å². The van der Waals surface area contributed by atoms with Gasteiger partial charge in [-0.25, -0.2) is 13.1 Å². The highest BCUT2D eigenvalue weighted by atomic mass is 32.2. The summed E-state index contributed by atoms with van der Waals surface area (Å²) in [6, 6.07) is 7.09. The molecule has 0 saturated carbocycles. The van der Waals surface area contributed by atoms with E-state index in [1.807, 2.05) is 19.2 Å². The van der Waals surface area contributed by atoms with Crippen molar-refractivity contribution < 1.29 is 8.42 Å². The van der Waals surface area contributed by atoms with Gasteiger partial charge in [-0.2, -0.15) is 0 Å². The molecule has 4 nitrogen and oxygen atoms in total. The van der Waals surface area contributed by atoms with E-state index in [9.17, 15) is 8.42 Å². The first-order valence-electron chi connectivity index (χ1n) is 6.83. The third-order valence-electron chi connectivity index (χ3n) is 2.97. The molecule has 0 fully saturated rings. The number of nitrogens with one attached hydrogen (secondary N) is 2. The highest BCUT2D eigenvalue weighted by Gasteiger charge is 2.12. The van der Waals surface area contributed by atoms with E-state index in [0.717, 1.165) is 37.8 Å². The quantitative estimate of drug-likeness (QED) is 0.681. The van der Waals surface area contributed by atoms with E-state index in [-0.39, 0.29) is 0 Å². The molecule has 0 unspecified atom stereocenters.